The number of fused-ring (bicyclic) bond motifs is 2. The molecule has 0 radical (unpaired) electrons. The van der Waals surface area contributed by atoms with Crippen molar-refractivity contribution < 1.29 is 27.8 Å². The lowest BCUT2D eigenvalue weighted by atomic mass is 9.59. The molecular weight excluding hydrogens is 827 g/mol. The normalized spacial score (nSPS) is 24.8. The molecular formula is C50H61N7O6S. The quantitative estimate of drug-likeness (QED) is 0.0848. The molecule has 4 fully saturated rings. The number of likely N-dealkylation sites (tertiary alicyclic amines) is 1. The van der Waals surface area contributed by atoms with Crippen LogP contribution in [0.5, 0.6) is 17.2 Å². The third-order valence-corrected chi connectivity index (χ3v) is 16.6. The molecule has 1 amide bonds. The predicted octanol–water partition coefficient (Wildman–Crippen LogP) is 8.88. The van der Waals surface area contributed by atoms with Gasteiger partial charge in [0.05, 0.1) is 34.0 Å². The molecule has 2 saturated carbocycles. The number of pyridine rings is 1. The first-order valence-electron chi connectivity index (χ1n) is 23.2. The number of piperidine rings is 1. The van der Waals surface area contributed by atoms with E-state index in [1.165, 1.54) is 55.5 Å². The summed E-state index contributed by atoms with van der Waals surface area (Å²) in [6, 6.07) is 22.0. The second kappa shape index (κ2) is 16.6. The minimum Gasteiger partial charge on any atom is -0.489 e. The van der Waals surface area contributed by atoms with Gasteiger partial charge >= 0.3 is 0 Å². The fourth-order valence-electron chi connectivity index (χ4n) is 11.5. The first kappa shape index (κ1) is 42.6. The highest BCUT2D eigenvalue weighted by atomic mass is 32.2. The number of amides is 1. The number of aromatic nitrogens is 2. The molecule has 3 aromatic carbocycles. The number of aromatic amines is 1. The smallest absolute Gasteiger partial charge is 0.268 e. The van der Waals surface area contributed by atoms with Gasteiger partial charge in [0.2, 0.25) is 0 Å². The number of nitrogens with two attached hydrogens (primary N) is 1. The number of nitrogens with zero attached hydrogens (tertiary/aromatic N) is 3. The minimum absolute atomic E-state index is 0.0632. The van der Waals surface area contributed by atoms with Crippen molar-refractivity contribution in [2.75, 3.05) is 42.2 Å². The lowest BCUT2D eigenvalue weighted by Crippen LogP contribution is -2.54. The summed E-state index contributed by atoms with van der Waals surface area (Å²) in [5.41, 5.74) is 11.8. The SMILES string of the molecule is CC(C)c1ccccc1[C@@H]1CCCN1C1CC2(CCN(c3ccc(C(=O)NS(=O)(=O)c4cc(N)c5c(c4)OCC(C)(C4CCC(O)CC4)N5)c(Oc4cnc5[nH]ccc5c4)c3)CC2)C1. The van der Waals surface area contributed by atoms with Crippen LogP contribution in [0.15, 0.2) is 84.0 Å². The molecule has 3 aliphatic heterocycles. The Bertz CT molecular complexity index is 2660. The van der Waals surface area contributed by atoms with Gasteiger partial charge in [-0.1, -0.05) is 38.1 Å². The molecule has 5 aromatic rings. The fourth-order valence-corrected chi connectivity index (χ4v) is 12.6. The van der Waals surface area contributed by atoms with Gasteiger partial charge in [0, 0.05) is 54.6 Å². The summed E-state index contributed by atoms with van der Waals surface area (Å²) in [4.78, 5) is 26.6. The number of hydrogen-bond donors (Lipinski definition) is 5. The summed E-state index contributed by atoms with van der Waals surface area (Å²) in [7, 11) is -4.41. The molecule has 6 N–H and O–H groups in total. The summed E-state index contributed by atoms with van der Waals surface area (Å²) >= 11 is 0. The van der Waals surface area contributed by atoms with E-state index in [4.69, 9.17) is 15.2 Å². The third kappa shape index (κ3) is 8.06. The summed E-state index contributed by atoms with van der Waals surface area (Å²) in [5.74, 6) is 0.861. The Morgan fingerprint density at radius 1 is 1.00 bits per heavy atom. The molecule has 1 spiro atoms. The fraction of sp³-hybridized carbons (Fsp3) is 0.480. The maximum atomic E-state index is 14.1. The first-order chi connectivity index (χ1) is 30.8. The Kier molecular flexibility index (Phi) is 11.1. The highest BCUT2D eigenvalue weighted by molar-refractivity contribution is 7.90. The molecule has 2 aliphatic carbocycles. The van der Waals surface area contributed by atoms with Gasteiger partial charge in [0.25, 0.3) is 15.9 Å². The topological polar surface area (TPSA) is 175 Å². The molecule has 10 rings (SSSR count). The van der Waals surface area contributed by atoms with Gasteiger partial charge < -0.3 is 35.5 Å². The second-order valence-corrected chi connectivity index (χ2v) is 21.4. The van der Waals surface area contributed by atoms with E-state index in [0.717, 1.165) is 62.7 Å². The average Bonchev–Trinajstić information content (AvgIpc) is 3.96. The third-order valence-electron chi connectivity index (χ3n) is 15.3. The lowest BCUT2D eigenvalue weighted by Gasteiger charge is -2.56. The van der Waals surface area contributed by atoms with Crippen LogP contribution in [-0.2, 0) is 10.0 Å². The van der Waals surface area contributed by atoms with Crippen LogP contribution in [0.2, 0.25) is 0 Å². The zero-order valence-electron chi connectivity index (χ0n) is 37.1. The van der Waals surface area contributed by atoms with Gasteiger partial charge in [-0.15, -0.1) is 0 Å². The monoisotopic (exact) mass is 887 g/mol. The molecule has 2 atom stereocenters. The Hall–Kier alpha value is -5.31. The summed E-state index contributed by atoms with van der Waals surface area (Å²) in [6.07, 6.45) is 13.3. The van der Waals surface area contributed by atoms with E-state index in [9.17, 15) is 18.3 Å². The van der Waals surface area contributed by atoms with Crippen LogP contribution in [-0.4, -0.2) is 78.2 Å². The predicted molar refractivity (Wildman–Crippen MR) is 250 cm³/mol. The molecule has 0 bridgehead atoms. The van der Waals surface area contributed by atoms with Crippen molar-refractivity contribution in [3.63, 3.8) is 0 Å². The number of carbonyl (C=O) groups excluding carboxylic acids is 1. The molecule has 2 saturated heterocycles. The molecule has 13 nitrogen and oxygen atoms in total. The van der Waals surface area contributed by atoms with Crippen LogP contribution in [0.25, 0.3) is 11.0 Å². The Balaban J connectivity index is 0.846. The van der Waals surface area contributed by atoms with E-state index >= 15 is 0 Å². The van der Waals surface area contributed by atoms with Crippen molar-refractivity contribution in [1.29, 1.82) is 0 Å². The number of aliphatic hydroxyl groups is 1. The number of hydrogen-bond acceptors (Lipinski definition) is 11. The number of carbonyl (C=O) groups is 1. The van der Waals surface area contributed by atoms with Gasteiger partial charge in [-0.3, -0.25) is 9.69 Å². The zero-order chi connectivity index (χ0) is 44.4. The number of nitrogens with one attached hydrogen (secondary N) is 3. The lowest BCUT2D eigenvalue weighted by molar-refractivity contribution is -0.0227. The molecule has 338 valence electrons. The molecule has 5 aliphatic rings. The van der Waals surface area contributed by atoms with Crippen molar-refractivity contribution in [1.82, 2.24) is 19.6 Å². The van der Waals surface area contributed by atoms with Crippen LogP contribution in [0.3, 0.4) is 0 Å². The van der Waals surface area contributed by atoms with Gasteiger partial charge in [0.1, 0.15) is 35.2 Å². The first-order valence-corrected chi connectivity index (χ1v) is 24.7. The minimum atomic E-state index is -4.41. The van der Waals surface area contributed by atoms with Gasteiger partial charge in [-0.25, -0.2) is 18.1 Å². The number of rotatable bonds is 10. The zero-order valence-corrected chi connectivity index (χ0v) is 37.9. The van der Waals surface area contributed by atoms with E-state index < -0.39 is 21.5 Å². The van der Waals surface area contributed by atoms with Crippen LogP contribution in [0.4, 0.5) is 17.1 Å². The van der Waals surface area contributed by atoms with E-state index in [1.807, 2.05) is 24.3 Å². The number of benzene rings is 3. The summed E-state index contributed by atoms with van der Waals surface area (Å²) in [5, 5.41) is 14.4. The van der Waals surface area contributed by atoms with Crippen LogP contribution in [0.1, 0.15) is 118 Å². The number of aliphatic hydroxyl groups excluding tert-OH is 1. The van der Waals surface area contributed by atoms with Crippen molar-refractivity contribution in [3.05, 3.63) is 95.8 Å². The van der Waals surface area contributed by atoms with Crippen LogP contribution >= 0.6 is 0 Å². The number of H-pyrrole nitrogens is 1. The maximum absolute atomic E-state index is 14.1. The van der Waals surface area contributed by atoms with Crippen LogP contribution < -0.4 is 30.1 Å². The Morgan fingerprint density at radius 2 is 1.78 bits per heavy atom. The van der Waals surface area contributed by atoms with E-state index in [-0.39, 0.29) is 33.9 Å². The molecule has 2 aromatic heterocycles. The summed E-state index contributed by atoms with van der Waals surface area (Å²) in [6.45, 7) is 9.90. The standard InChI is InChI=1S/C50H61N7O6S/c1-31(2)39-7-4-5-8-40(39)43-9-6-20-57(43)35-27-50(28-35)17-21-56(22-18-50)34-12-15-41(44(24-34)63-37-23-32-16-19-52-47(32)53-29-37)48(59)55-64(60,61)38-25-42(51)46-45(26-38)62-30-49(3,54-46)33-10-13-36(58)14-11-33/h4-5,7-8,12,15-16,19,23-26,29,31,33,35-36,43,54,58H,6,9-11,13-14,17-18,20-22,27-28,30,51H2,1-3H3,(H,52,53)(H,55,59)/t33?,36?,43-,49?/m0/s1. The maximum Gasteiger partial charge on any atom is 0.268 e. The number of sulfonamides is 1. The Morgan fingerprint density at radius 3 is 2.56 bits per heavy atom. The van der Waals surface area contributed by atoms with E-state index in [2.05, 4.69) is 74.8 Å². The molecule has 64 heavy (non-hydrogen) atoms. The van der Waals surface area contributed by atoms with Crippen LogP contribution in [0, 0.1) is 11.3 Å². The number of nitrogen functional groups attached to an aromatic ring is 1. The summed E-state index contributed by atoms with van der Waals surface area (Å²) < 4.78 is 42.8. The number of ether oxygens (including phenoxy) is 2. The second-order valence-electron chi connectivity index (χ2n) is 19.8. The Labute approximate surface area is 376 Å². The molecule has 14 heteroatoms. The molecule has 5 heterocycles. The average molecular weight is 888 g/mol. The largest absolute Gasteiger partial charge is 0.489 e. The number of anilines is 3. The van der Waals surface area contributed by atoms with Gasteiger partial charge in [0.15, 0.2) is 0 Å². The van der Waals surface area contributed by atoms with Crippen molar-refractivity contribution in [2.24, 2.45) is 11.3 Å². The van der Waals surface area contributed by atoms with E-state index in [1.54, 1.807) is 18.5 Å². The van der Waals surface area contributed by atoms with Gasteiger partial charge in [-0.05, 0) is 136 Å². The van der Waals surface area contributed by atoms with Gasteiger partial charge in [-0.2, -0.15) is 0 Å². The van der Waals surface area contributed by atoms with E-state index in [0.29, 0.717) is 52.9 Å². The van der Waals surface area contributed by atoms with Crippen molar-refractivity contribution >= 4 is 44.0 Å². The highest BCUT2D eigenvalue weighted by Crippen LogP contribution is 2.54. The molecule has 1 unspecified atom stereocenters. The van der Waals surface area contributed by atoms with Crippen molar-refractivity contribution in [2.45, 2.75) is 120 Å². The van der Waals surface area contributed by atoms with Crippen molar-refractivity contribution in [3.8, 4) is 17.2 Å². The highest BCUT2D eigenvalue weighted by Gasteiger charge is 2.50.